The summed E-state index contributed by atoms with van der Waals surface area (Å²) in [5.41, 5.74) is 1.53. The molecule has 0 aliphatic rings. The lowest BCUT2D eigenvalue weighted by Crippen LogP contribution is -2.02. The van der Waals surface area contributed by atoms with Gasteiger partial charge in [-0.3, -0.25) is 4.98 Å². The Hall–Kier alpha value is -0.860. The SMILES string of the molecule is C=C(CC)CC(O)c1ncccc1Cl. The second-order valence-electron chi connectivity index (χ2n) is 3.19. The largest absolute Gasteiger partial charge is 0.386 e. The van der Waals surface area contributed by atoms with E-state index in [1.165, 1.54) is 0 Å². The van der Waals surface area contributed by atoms with Gasteiger partial charge < -0.3 is 5.11 Å². The molecule has 1 heterocycles. The minimum Gasteiger partial charge on any atom is -0.386 e. The molecule has 0 bridgehead atoms. The molecule has 1 N–H and O–H groups in total. The Morgan fingerprint density at radius 2 is 2.43 bits per heavy atom. The first-order valence-electron chi connectivity index (χ1n) is 4.60. The Bertz CT molecular complexity index is 325. The summed E-state index contributed by atoms with van der Waals surface area (Å²) in [7, 11) is 0. The van der Waals surface area contributed by atoms with Gasteiger partial charge in [-0.25, -0.2) is 0 Å². The quantitative estimate of drug-likeness (QED) is 0.777. The molecule has 0 saturated carbocycles. The second-order valence-corrected chi connectivity index (χ2v) is 3.60. The molecule has 76 valence electrons. The van der Waals surface area contributed by atoms with Crippen molar-refractivity contribution in [1.29, 1.82) is 0 Å². The first kappa shape index (κ1) is 11.2. The lowest BCUT2D eigenvalue weighted by atomic mass is 10.1. The molecule has 2 nitrogen and oxygen atoms in total. The number of nitrogens with zero attached hydrogens (tertiary/aromatic N) is 1. The van der Waals surface area contributed by atoms with E-state index in [1.54, 1.807) is 18.3 Å². The predicted octanol–water partition coefficient (Wildman–Crippen LogP) is 3.12. The van der Waals surface area contributed by atoms with Gasteiger partial charge in [0.05, 0.1) is 10.7 Å². The fraction of sp³-hybridized carbons (Fsp3) is 0.364. The van der Waals surface area contributed by atoms with Gasteiger partial charge in [-0.2, -0.15) is 0 Å². The molecule has 0 fully saturated rings. The molecule has 3 heteroatoms. The Labute approximate surface area is 89.2 Å². The molecule has 1 atom stereocenters. The third kappa shape index (κ3) is 2.82. The van der Waals surface area contributed by atoms with Crippen LogP contribution in [0.15, 0.2) is 30.5 Å². The number of aliphatic hydroxyl groups is 1. The van der Waals surface area contributed by atoms with E-state index in [0.29, 0.717) is 17.1 Å². The predicted molar refractivity (Wildman–Crippen MR) is 58.3 cm³/mol. The van der Waals surface area contributed by atoms with E-state index in [0.717, 1.165) is 12.0 Å². The van der Waals surface area contributed by atoms with Crippen LogP contribution in [-0.4, -0.2) is 10.1 Å². The number of hydrogen-bond donors (Lipinski definition) is 1. The summed E-state index contributed by atoms with van der Waals surface area (Å²) >= 11 is 5.89. The molecule has 0 amide bonds. The highest BCUT2D eigenvalue weighted by Gasteiger charge is 2.12. The van der Waals surface area contributed by atoms with Gasteiger partial charge in [0.1, 0.15) is 6.10 Å². The smallest absolute Gasteiger partial charge is 0.101 e. The number of aromatic nitrogens is 1. The van der Waals surface area contributed by atoms with E-state index in [4.69, 9.17) is 11.6 Å². The first-order chi connectivity index (χ1) is 6.65. The standard InChI is InChI=1S/C11H14ClNO/c1-3-8(2)7-10(14)11-9(12)5-4-6-13-11/h4-6,10,14H,2-3,7H2,1H3. The molecule has 0 aromatic carbocycles. The van der Waals surface area contributed by atoms with Crippen LogP contribution in [0.1, 0.15) is 31.6 Å². The lowest BCUT2D eigenvalue weighted by molar-refractivity contribution is 0.173. The van der Waals surface area contributed by atoms with Crippen molar-refractivity contribution in [2.45, 2.75) is 25.9 Å². The molecule has 0 saturated heterocycles. The van der Waals surface area contributed by atoms with Crippen molar-refractivity contribution in [3.05, 3.63) is 41.2 Å². The van der Waals surface area contributed by atoms with E-state index >= 15 is 0 Å². The first-order valence-corrected chi connectivity index (χ1v) is 4.98. The van der Waals surface area contributed by atoms with Crippen LogP contribution in [0.3, 0.4) is 0 Å². The molecular formula is C11H14ClNO. The van der Waals surface area contributed by atoms with Gasteiger partial charge in [0, 0.05) is 6.20 Å². The van der Waals surface area contributed by atoms with Crippen LogP contribution >= 0.6 is 11.6 Å². The number of rotatable bonds is 4. The van der Waals surface area contributed by atoms with Crippen molar-refractivity contribution < 1.29 is 5.11 Å². The summed E-state index contributed by atoms with van der Waals surface area (Å²) in [6.07, 6.45) is 2.37. The lowest BCUT2D eigenvalue weighted by Gasteiger charge is -2.11. The van der Waals surface area contributed by atoms with Gasteiger partial charge in [0.2, 0.25) is 0 Å². The van der Waals surface area contributed by atoms with Crippen molar-refractivity contribution in [3.63, 3.8) is 0 Å². The summed E-state index contributed by atoms with van der Waals surface area (Å²) < 4.78 is 0. The van der Waals surface area contributed by atoms with E-state index in [-0.39, 0.29) is 0 Å². The van der Waals surface area contributed by atoms with E-state index in [9.17, 15) is 5.11 Å². The van der Waals surface area contributed by atoms with Crippen LogP contribution in [0, 0.1) is 0 Å². The average molecular weight is 212 g/mol. The van der Waals surface area contributed by atoms with Crippen LogP contribution in [0.25, 0.3) is 0 Å². The maximum absolute atomic E-state index is 9.80. The molecule has 1 rings (SSSR count). The molecule has 1 aromatic heterocycles. The summed E-state index contributed by atoms with van der Waals surface area (Å²) in [6.45, 7) is 5.85. The van der Waals surface area contributed by atoms with Crippen LogP contribution in [0.2, 0.25) is 5.02 Å². The fourth-order valence-corrected chi connectivity index (χ4v) is 1.41. The zero-order valence-corrected chi connectivity index (χ0v) is 8.96. The monoisotopic (exact) mass is 211 g/mol. The molecule has 1 aromatic rings. The minimum atomic E-state index is -0.642. The summed E-state index contributed by atoms with van der Waals surface area (Å²) in [5, 5.41) is 10.3. The third-order valence-electron chi connectivity index (χ3n) is 2.08. The highest BCUT2D eigenvalue weighted by Crippen LogP contribution is 2.25. The van der Waals surface area contributed by atoms with Crippen LogP contribution < -0.4 is 0 Å². The van der Waals surface area contributed by atoms with Crippen molar-refractivity contribution in [2.75, 3.05) is 0 Å². The molecule has 0 aliphatic heterocycles. The van der Waals surface area contributed by atoms with E-state index in [2.05, 4.69) is 11.6 Å². The number of aliphatic hydroxyl groups excluding tert-OH is 1. The van der Waals surface area contributed by atoms with E-state index < -0.39 is 6.10 Å². The van der Waals surface area contributed by atoms with Gasteiger partial charge in [-0.15, -0.1) is 0 Å². The summed E-state index contributed by atoms with van der Waals surface area (Å²) in [6, 6.07) is 3.47. The van der Waals surface area contributed by atoms with Gasteiger partial charge in [0.25, 0.3) is 0 Å². The van der Waals surface area contributed by atoms with Crippen molar-refractivity contribution >= 4 is 11.6 Å². The fourth-order valence-electron chi connectivity index (χ4n) is 1.16. The molecule has 14 heavy (non-hydrogen) atoms. The Balaban J connectivity index is 2.74. The Morgan fingerprint density at radius 1 is 1.71 bits per heavy atom. The summed E-state index contributed by atoms with van der Waals surface area (Å²) in [5.74, 6) is 0. The molecule has 0 aliphatic carbocycles. The zero-order valence-electron chi connectivity index (χ0n) is 8.20. The Morgan fingerprint density at radius 3 is 3.00 bits per heavy atom. The van der Waals surface area contributed by atoms with Gasteiger partial charge in [0.15, 0.2) is 0 Å². The highest BCUT2D eigenvalue weighted by molar-refractivity contribution is 6.31. The molecule has 1 unspecified atom stereocenters. The highest BCUT2D eigenvalue weighted by atomic mass is 35.5. The third-order valence-corrected chi connectivity index (χ3v) is 2.40. The van der Waals surface area contributed by atoms with E-state index in [1.807, 2.05) is 6.92 Å². The van der Waals surface area contributed by atoms with Gasteiger partial charge >= 0.3 is 0 Å². The van der Waals surface area contributed by atoms with Crippen LogP contribution in [0.4, 0.5) is 0 Å². The maximum atomic E-state index is 9.80. The average Bonchev–Trinajstić information content (AvgIpc) is 2.18. The maximum Gasteiger partial charge on any atom is 0.101 e. The number of halogens is 1. The Kier molecular flexibility index (Phi) is 4.11. The normalized spacial score (nSPS) is 12.5. The van der Waals surface area contributed by atoms with Gasteiger partial charge in [-0.1, -0.05) is 30.7 Å². The van der Waals surface area contributed by atoms with Crippen LogP contribution in [-0.2, 0) is 0 Å². The number of pyridine rings is 1. The van der Waals surface area contributed by atoms with Gasteiger partial charge in [-0.05, 0) is 25.0 Å². The van der Waals surface area contributed by atoms with Crippen LogP contribution in [0.5, 0.6) is 0 Å². The molecule has 0 radical (unpaired) electrons. The molecule has 0 spiro atoms. The van der Waals surface area contributed by atoms with Crippen molar-refractivity contribution in [1.82, 2.24) is 4.98 Å². The number of hydrogen-bond acceptors (Lipinski definition) is 2. The minimum absolute atomic E-state index is 0.504. The van der Waals surface area contributed by atoms with Crippen molar-refractivity contribution in [3.8, 4) is 0 Å². The van der Waals surface area contributed by atoms with Crippen molar-refractivity contribution in [2.24, 2.45) is 0 Å². The zero-order chi connectivity index (χ0) is 10.6. The summed E-state index contributed by atoms with van der Waals surface area (Å²) in [4.78, 5) is 4.04. The topological polar surface area (TPSA) is 33.1 Å². The second kappa shape index (κ2) is 5.13. The molecular weight excluding hydrogens is 198 g/mol.